The highest BCUT2D eigenvalue weighted by Crippen LogP contribution is 2.28. The van der Waals surface area contributed by atoms with Gasteiger partial charge in [0.2, 0.25) is 0 Å². The summed E-state index contributed by atoms with van der Waals surface area (Å²) in [4.78, 5) is 15.6. The molecule has 0 aliphatic carbocycles. The highest BCUT2D eigenvalue weighted by molar-refractivity contribution is 6.06. The standard InChI is InChI=1S/C16H20N2O2/c1-4-16(3,5-2)18-14-12-9-7-6-8-11(12)13(10-17-14)15(19)20/h6-10H,4-5H2,1-3H3,(H,17,18)(H,19,20). The van der Waals surface area contributed by atoms with Gasteiger partial charge in [-0.2, -0.15) is 0 Å². The number of carbonyl (C=O) groups is 1. The van der Waals surface area contributed by atoms with E-state index in [1.807, 2.05) is 24.3 Å². The number of hydrogen-bond donors (Lipinski definition) is 2. The molecule has 0 radical (unpaired) electrons. The van der Waals surface area contributed by atoms with Crippen LogP contribution in [0.15, 0.2) is 30.5 Å². The molecule has 0 aliphatic heterocycles. The number of aromatic nitrogens is 1. The van der Waals surface area contributed by atoms with Crippen molar-refractivity contribution in [2.45, 2.75) is 39.2 Å². The van der Waals surface area contributed by atoms with Gasteiger partial charge in [-0.05, 0) is 19.8 Å². The van der Waals surface area contributed by atoms with Crippen molar-refractivity contribution < 1.29 is 9.90 Å². The van der Waals surface area contributed by atoms with Gasteiger partial charge >= 0.3 is 5.97 Å². The maximum atomic E-state index is 11.3. The van der Waals surface area contributed by atoms with Crippen LogP contribution >= 0.6 is 0 Å². The zero-order chi connectivity index (χ0) is 14.8. The molecule has 0 amide bonds. The van der Waals surface area contributed by atoms with Crippen LogP contribution in [-0.4, -0.2) is 21.6 Å². The zero-order valence-electron chi connectivity index (χ0n) is 12.1. The number of aromatic carboxylic acids is 1. The molecule has 0 spiro atoms. The lowest BCUT2D eigenvalue weighted by Gasteiger charge is -2.29. The Balaban J connectivity index is 2.56. The molecule has 20 heavy (non-hydrogen) atoms. The summed E-state index contributed by atoms with van der Waals surface area (Å²) in [6, 6.07) is 7.47. The van der Waals surface area contributed by atoms with Gasteiger partial charge < -0.3 is 10.4 Å². The topological polar surface area (TPSA) is 62.2 Å². The lowest BCUT2D eigenvalue weighted by Crippen LogP contribution is -2.33. The summed E-state index contributed by atoms with van der Waals surface area (Å²) in [6.45, 7) is 6.41. The Morgan fingerprint density at radius 1 is 1.25 bits per heavy atom. The Hall–Kier alpha value is -2.10. The molecule has 0 atom stereocenters. The molecule has 0 fully saturated rings. The minimum atomic E-state index is -0.950. The van der Waals surface area contributed by atoms with Crippen molar-refractivity contribution in [3.8, 4) is 0 Å². The molecular weight excluding hydrogens is 252 g/mol. The number of carboxylic acids is 1. The van der Waals surface area contributed by atoms with Crippen molar-refractivity contribution in [2.24, 2.45) is 0 Å². The molecule has 0 bridgehead atoms. The molecule has 0 unspecified atom stereocenters. The van der Waals surface area contributed by atoms with Gasteiger partial charge in [0.15, 0.2) is 0 Å². The van der Waals surface area contributed by atoms with Gasteiger partial charge in [-0.25, -0.2) is 9.78 Å². The van der Waals surface area contributed by atoms with Crippen LogP contribution in [0.25, 0.3) is 10.8 Å². The number of benzene rings is 1. The lowest BCUT2D eigenvalue weighted by atomic mass is 9.95. The fourth-order valence-corrected chi connectivity index (χ4v) is 2.18. The minimum absolute atomic E-state index is 0.0412. The summed E-state index contributed by atoms with van der Waals surface area (Å²) >= 11 is 0. The highest BCUT2D eigenvalue weighted by Gasteiger charge is 2.21. The maximum absolute atomic E-state index is 11.3. The predicted molar refractivity (Wildman–Crippen MR) is 81.3 cm³/mol. The van der Waals surface area contributed by atoms with Gasteiger partial charge in [-0.3, -0.25) is 0 Å². The Morgan fingerprint density at radius 3 is 2.40 bits per heavy atom. The van der Waals surface area contributed by atoms with Crippen molar-refractivity contribution in [1.82, 2.24) is 4.98 Å². The minimum Gasteiger partial charge on any atom is -0.478 e. The predicted octanol–water partition coefficient (Wildman–Crippen LogP) is 3.92. The van der Waals surface area contributed by atoms with Crippen molar-refractivity contribution in [1.29, 1.82) is 0 Å². The molecule has 1 aromatic carbocycles. The monoisotopic (exact) mass is 272 g/mol. The van der Waals surface area contributed by atoms with Crippen molar-refractivity contribution in [3.63, 3.8) is 0 Å². The summed E-state index contributed by atoms with van der Waals surface area (Å²) in [5.74, 6) is -0.203. The Morgan fingerprint density at radius 2 is 1.85 bits per heavy atom. The van der Waals surface area contributed by atoms with Crippen LogP contribution in [0, 0.1) is 0 Å². The normalized spacial score (nSPS) is 11.6. The molecular formula is C16H20N2O2. The zero-order valence-corrected chi connectivity index (χ0v) is 12.1. The molecule has 0 saturated carbocycles. The third-order valence-corrected chi connectivity index (χ3v) is 4.01. The summed E-state index contributed by atoms with van der Waals surface area (Å²) < 4.78 is 0. The summed E-state index contributed by atoms with van der Waals surface area (Å²) in [5.41, 5.74) is 0.196. The summed E-state index contributed by atoms with van der Waals surface area (Å²) in [7, 11) is 0. The largest absolute Gasteiger partial charge is 0.478 e. The van der Waals surface area contributed by atoms with Gasteiger partial charge in [-0.15, -0.1) is 0 Å². The van der Waals surface area contributed by atoms with Gasteiger partial charge in [0, 0.05) is 22.5 Å². The molecule has 4 nitrogen and oxygen atoms in total. The van der Waals surface area contributed by atoms with Crippen molar-refractivity contribution in [3.05, 3.63) is 36.0 Å². The van der Waals surface area contributed by atoms with E-state index >= 15 is 0 Å². The first kappa shape index (κ1) is 14.3. The molecule has 1 heterocycles. The van der Waals surface area contributed by atoms with E-state index in [2.05, 4.69) is 31.1 Å². The average molecular weight is 272 g/mol. The molecule has 2 N–H and O–H groups in total. The van der Waals surface area contributed by atoms with E-state index in [1.54, 1.807) is 0 Å². The molecule has 1 aromatic heterocycles. The van der Waals surface area contributed by atoms with Gasteiger partial charge in [-0.1, -0.05) is 38.1 Å². The molecule has 2 rings (SSSR count). The third kappa shape index (κ3) is 2.59. The number of rotatable bonds is 5. The number of carboxylic acid groups (broad SMARTS) is 1. The smallest absolute Gasteiger partial charge is 0.337 e. The van der Waals surface area contributed by atoms with Crippen LogP contribution in [0.5, 0.6) is 0 Å². The molecule has 106 valence electrons. The van der Waals surface area contributed by atoms with E-state index in [9.17, 15) is 9.90 Å². The molecule has 4 heteroatoms. The van der Waals surface area contributed by atoms with Crippen molar-refractivity contribution in [2.75, 3.05) is 5.32 Å². The van der Waals surface area contributed by atoms with Crippen LogP contribution in [-0.2, 0) is 0 Å². The van der Waals surface area contributed by atoms with Crippen LogP contribution in [0.1, 0.15) is 44.0 Å². The van der Waals surface area contributed by atoms with E-state index in [1.165, 1.54) is 6.20 Å². The number of hydrogen-bond acceptors (Lipinski definition) is 3. The second-order valence-electron chi connectivity index (χ2n) is 5.26. The van der Waals surface area contributed by atoms with Crippen LogP contribution in [0.2, 0.25) is 0 Å². The summed E-state index contributed by atoms with van der Waals surface area (Å²) in [6.07, 6.45) is 3.37. The number of anilines is 1. The Kier molecular flexibility index (Phi) is 3.93. The number of nitrogens with one attached hydrogen (secondary N) is 1. The van der Waals surface area contributed by atoms with Crippen LogP contribution in [0.4, 0.5) is 5.82 Å². The quantitative estimate of drug-likeness (QED) is 0.865. The second kappa shape index (κ2) is 5.49. The van der Waals surface area contributed by atoms with E-state index < -0.39 is 5.97 Å². The number of nitrogens with zero attached hydrogens (tertiary/aromatic N) is 1. The van der Waals surface area contributed by atoms with E-state index in [-0.39, 0.29) is 11.1 Å². The molecule has 0 aliphatic rings. The third-order valence-electron chi connectivity index (χ3n) is 4.01. The van der Waals surface area contributed by atoms with Crippen molar-refractivity contribution >= 4 is 22.6 Å². The lowest BCUT2D eigenvalue weighted by molar-refractivity contribution is 0.0698. The Labute approximate surface area is 118 Å². The number of pyridine rings is 1. The summed E-state index contributed by atoms with van der Waals surface area (Å²) in [5, 5.41) is 14.3. The van der Waals surface area contributed by atoms with Gasteiger partial charge in [0.1, 0.15) is 5.82 Å². The second-order valence-corrected chi connectivity index (χ2v) is 5.26. The van der Waals surface area contributed by atoms with Gasteiger partial charge in [0.05, 0.1) is 5.56 Å². The first-order valence-corrected chi connectivity index (χ1v) is 6.90. The Bertz CT molecular complexity index is 633. The maximum Gasteiger partial charge on any atom is 0.337 e. The van der Waals surface area contributed by atoms with Gasteiger partial charge in [0.25, 0.3) is 0 Å². The average Bonchev–Trinajstić information content (AvgIpc) is 2.47. The van der Waals surface area contributed by atoms with E-state index in [0.717, 1.165) is 24.0 Å². The highest BCUT2D eigenvalue weighted by atomic mass is 16.4. The molecule has 2 aromatic rings. The first-order valence-electron chi connectivity index (χ1n) is 6.90. The fourth-order valence-electron chi connectivity index (χ4n) is 2.18. The fraction of sp³-hybridized carbons (Fsp3) is 0.375. The number of fused-ring (bicyclic) bond motifs is 1. The first-order chi connectivity index (χ1) is 9.50. The van der Waals surface area contributed by atoms with Crippen LogP contribution < -0.4 is 5.32 Å². The van der Waals surface area contributed by atoms with Crippen LogP contribution in [0.3, 0.4) is 0 Å². The van der Waals surface area contributed by atoms with E-state index in [4.69, 9.17) is 0 Å². The molecule has 0 saturated heterocycles. The SMILES string of the molecule is CCC(C)(CC)Nc1ncc(C(=O)O)c2ccccc12. The van der Waals surface area contributed by atoms with E-state index in [0.29, 0.717) is 5.39 Å².